The molecule has 0 spiro atoms. The molecule has 0 fully saturated rings. The number of rotatable bonds is 4. The van der Waals surface area contributed by atoms with Crippen molar-refractivity contribution in [2.24, 2.45) is 11.7 Å². The minimum absolute atomic E-state index is 0.0410. The molecule has 1 rings (SSSR count). The second-order valence-electron chi connectivity index (χ2n) is 3.66. The Morgan fingerprint density at radius 3 is 2.43 bits per heavy atom. The SMILES string of the molecule is CCC(CC)C(N)c1cccc(F)c1. The third kappa shape index (κ3) is 2.55. The van der Waals surface area contributed by atoms with E-state index in [1.165, 1.54) is 12.1 Å². The van der Waals surface area contributed by atoms with Gasteiger partial charge in [-0.3, -0.25) is 0 Å². The van der Waals surface area contributed by atoms with Gasteiger partial charge in [0.1, 0.15) is 5.82 Å². The zero-order valence-electron chi connectivity index (χ0n) is 8.83. The highest BCUT2D eigenvalue weighted by Crippen LogP contribution is 2.25. The minimum atomic E-state index is -0.205. The molecule has 14 heavy (non-hydrogen) atoms. The van der Waals surface area contributed by atoms with Gasteiger partial charge in [-0.25, -0.2) is 4.39 Å². The molecule has 2 heteroatoms. The summed E-state index contributed by atoms with van der Waals surface area (Å²) >= 11 is 0. The van der Waals surface area contributed by atoms with Gasteiger partial charge in [-0.1, -0.05) is 38.8 Å². The molecule has 0 bridgehead atoms. The van der Waals surface area contributed by atoms with E-state index in [0.29, 0.717) is 5.92 Å². The largest absolute Gasteiger partial charge is 0.324 e. The number of nitrogens with two attached hydrogens (primary N) is 1. The first kappa shape index (κ1) is 11.2. The van der Waals surface area contributed by atoms with Gasteiger partial charge < -0.3 is 5.73 Å². The molecule has 1 unspecified atom stereocenters. The summed E-state index contributed by atoms with van der Waals surface area (Å²) in [6.07, 6.45) is 2.07. The van der Waals surface area contributed by atoms with Crippen LogP contribution in [0.15, 0.2) is 24.3 Å². The average molecular weight is 195 g/mol. The summed E-state index contributed by atoms with van der Waals surface area (Å²) < 4.78 is 12.9. The Hall–Kier alpha value is -0.890. The Kier molecular flexibility index (Phi) is 4.08. The lowest BCUT2D eigenvalue weighted by molar-refractivity contribution is 0.404. The van der Waals surface area contributed by atoms with Crippen LogP contribution < -0.4 is 5.73 Å². The topological polar surface area (TPSA) is 26.0 Å². The number of hydrogen-bond acceptors (Lipinski definition) is 1. The van der Waals surface area contributed by atoms with Crippen molar-refractivity contribution in [2.45, 2.75) is 32.7 Å². The van der Waals surface area contributed by atoms with E-state index in [9.17, 15) is 4.39 Å². The monoisotopic (exact) mass is 195 g/mol. The van der Waals surface area contributed by atoms with Crippen LogP contribution in [0.5, 0.6) is 0 Å². The molecule has 0 aromatic heterocycles. The minimum Gasteiger partial charge on any atom is -0.324 e. The van der Waals surface area contributed by atoms with E-state index in [2.05, 4.69) is 13.8 Å². The van der Waals surface area contributed by atoms with Gasteiger partial charge in [0.2, 0.25) is 0 Å². The highest BCUT2D eigenvalue weighted by atomic mass is 19.1. The van der Waals surface area contributed by atoms with Crippen LogP contribution in [0.25, 0.3) is 0 Å². The molecule has 1 aromatic carbocycles. The van der Waals surface area contributed by atoms with Crippen LogP contribution in [0, 0.1) is 11.7 Å². The predicted molar refractivity (Wildman–Crippen MR) is 57.4 cm³/mol. The third-order valence-electron chi connectivity index (χ3n) is 2.79. The van der Waals surface area contributed by atoms with Gasteiger partial charge in [-0.2, -0.15) is 0 Å². The Balaban J connectivity index is 2.82. The Labute approximate surface area is 85.1 Å². The highest BCUT2D eigenvalue weighted by molar-refractivity contribution is 5.20. The molecule has 1 atom stereocenters. The molecular weight excluding hydrogens is 177 g/mol. The van der Waals surface area contributed by atoms with Crippen molar-refractivity contribution in [3.63, 3.8) is 0 Å². The molecule has 0 saturated heterocycles. The molecule has 0 heterocycles. The second-order valence-corrected chi connectivity index (χ2v) is 3.66. The van der Waals surface area contributed by atoms with Crippen molar-refractivity contribution in [3.8, 4) is 0 Å². The summed E-state index contributed by atoms with van der Waals surface area (Å²) in [6.45, 7) is 4.24. The summed E-state index contributed by atoms with van der Waals surface area (Å²) in [5.74, 6) is 0.237. The van der Waals surface area contributed by atoms with Crippen molar-refractivity contribution < 1.29 is 4.39 Å². The molecule has 0 saturated carbocycles. The van der Waals surface area contributed by atoms with Gasteiger partial charge in [0, 0.05) is 6.04 Å². The molecule has 0 aliphatic carbocycles. The maximum Gasteiger partial charge on any atom is 0.123 e. The quantitative estimate of drug-likeness (QED) is 0.784. The number of halogens is 1. The van der Waals surface area contributed by atoms with Gasteiger partial charge in [0.25, 0.3) is 0 Å². The summed E-state index contributed by atoms with van der Waals surface area (Å²) in [5.41, 5.74) is 6.96. The molecule has 0 aliphatic heterocycles. The first-order chi connectivity index (χ1) is 6.69. The Morgan fingerprint density at radius 1 is 1.29 bits per heavy atom. The lowest BCUT2D eigenvalue weighted by Gasteiger charge is -2.21. The average Bonchev–Trinajstić information content (AvgIpc) is 2.19. The maximum absolute atomic E-state index is 12.9. The first-order valence-electron chi connectivity index (χ1n) is 5.20. The van der Waals surface area contributed by atoms with Crippen LogP contribution in [0.3, 0.4) is 0 Å². The summed E-state index contributed by atoms with van der Waals surface area (Å²) in [4.78, 5) is 0. The van der Waals surface area contributed by atoms with Crippen LogP contribution in [0.1, 0.15) is 38.3 Å². The molecule has 1 aromatic rings. The molecule has 78 valence electrons. The van der Waals surface area contributed by atoms with E-state index in [4.69, 9.17) is 5.73 Å². The smallest absolute Gasteiger partial charge is 0.123 e. The fourth-order valence-electron chi connectivity index (χ4n) is 1.78. The van der Waals surface area contributed by atoms with Gasteiger partial charge in [-0.05, 0) is 23.6 Å². The van der Waals surface area contributed by atoms with E-state index in [1.54, 1.807) is 6.07 Å². The van der Waals surface area contributed by atoms with Crippen LogP contribution in [-0.4, -0.2) is 0 Å². The zero-order chi connectivity index (χ0) is 10.6. The Morgan fingerprint density at radius 2 is 1.93 bits per heavy atom. The van der Waals surface area contributed by atoms with E-state index in [0.717, 1.165) is 18.4 Å². The van der Waals surface area contributed by atoms with Crippen molar-refractivity contribution >= 4 is 0 Å². The second kappa shape index (κ2) is 5.11. The van der Waals surface area contributed by atoms with Crippen LogP contribution in [0.4, 0.5) is 4.39 Å². The summed E-state index contributed by atoms with van der Waals surface area (Å²) in [6, 6.07) is 6.55. The normalized spacial score (nSPS) is 13.2. The van der Waals surface area contributed by atoms with E-state index < -0.39 is 0 Å². The molecule has 0 aliphatic rings. The molecular formula is C12H18FN. The van der Waals surface area contributed by atoms with Crippen molar-refractivity contribution in [3.05, 3.63) is 35.6 Å². The highest BCUT2D eigenvalue weighted by Gasteiger charge is 2.15. The number of benzene rings is 1. The molecule has 0 radical (unpaired) electrons. The van der Waals surface area contributed by atoms with Gasteiger partial charge in [0.15, 0.2) is 0 Å². The maximum atomic E-state index is 12.9. The lowest BCUT2D eigenvalue weighted by Crippen LogP contribution is -2.20. The van der Waals surface area contributed by atoms with Crippen LogP contribution >= 0.6 is 0 Å². The Bertz CT molecular complexity index is 281. The van der Waals surface area contributed by atoms with Crippen LogP contribution in [0.2, 0.25) is 0 Å². The zero-order valence-corrected chi connectivity index (χ0v) is 8.83. The molecule has 1 nitrogen and oxygen atoms in total. The van der Waals surface area contributed by atoms with E-state index in [-0.39, 0.29) is 11.9 Å². The van der Waals surface area contributed by atoms with Gasteiger partial charge in [-0.15, -0.1) is 0 Å². The first-order valence-corrected chi connectivity index (χ1v) is 5.20. The van der Waals surface area contributed by atoms with Gasteiger partial charge in [0.05, 0.1) is 0 Å². The predicted octanol–water partition coefficient (Wildman–Crippen LogP) is 3.26. The third-order valence-corrected chi connectivity index (χ3v) is 2.79. The molecule has 0 amide bonds. The molecule has 2 N–H and O–H groups in total. The van der Waals surface area contributed by atoms with Crippen LogP contribution in [-0.2, 0) is 0 Å². The standard InChI is InChI=1S/C12H18FN/c1-3-9(4-2)12(14)10-6-5-7-11(13)8-10/h5-9,12H,3-4,14H2,1-2H3. The van der Waals surface area contributed by atoms with Gasteiger partial charge >= 0.3 is 0 Å². The summed E-state index contributed by atoms with van der Waals surface area (Å²) in [7, 11) is 0. The fourth-order valence-corrected chi connectivity index (χ4v) is 1.78. The van der Waals surface area contributed by atoms with E-state index >= 15 is 0 Å². The van der Waals surface area contributed by atoms with E-state index in [1.807, 2.05) is 6.07 Å². The van der Waals surface area contributed by atoms with Crippen molar-refractivity contribution in [2.75, 3.05) is 0 Å². The van der Waals surface area contributed by atoms with Crippen molar-refractivity contribution in [1.82, 2.24) is 0 Å². The van der Waals surface area contributed by atoms with Crippen molar-refractivity contribution in [1.29, 1.82) is 0 Å². The fraction of sp³-hybridized carbons (Fsp3) is 0.500. The summed E-state index contributed by atoms with van der Waals surface area (Å²) in [5, 5.41) is 0. The number of hydrogen-bond donors (Lipinski definition) is 1. The lowest BCUT2D eigenvalue weighted by atomic mass is 9.90.